The topological polar surface area (TPSA) is 97.6 Å². The predicted octanol–water partition coefficient (Wildman–Crippen LogP) is -1.45. The van der Waals surface area contributed by atoms with Crippen molar-refractivity contribution >= 4 is 0 Å². The van der Waals surface area contributed by atoms with Crippen LogP contribution in [0.15, 0.2) is 0 Å². The van der Waals surface area contributed by atoms with Gasteiger partial charge in [-0.25, -0.2) is 0 Å². The molecule has 3 N–H and O–H groups in total. The fourth-order valence-corrected chi connectivity index (χ4v) is 2.09. The van der Waals surface area contributed by atoms with Crippen LogP contribution in [0.3, 0.4) is 0 Å². The monoisotopic (exact) mass is 250 g/mol. The van der Waals surface area contributed by atoms with Crippen LogP contribution in [0.4, 0.5) is 0 Å². The summed E-state index contributed by atoms with van der Waals surface area (Å²) in [5.74, 6) is -1.30. The van der Waals surface area contributed by atoms with E-state index in [4.69, 9.17) is 24.1 Å². The normalized spacial score (nSPS) is 50.3. The van der Waals surface area contributed by atoms with Gasteiger partial charge in [-0.05, 0) is 6.92 Å². The van der Waals surface area contributed by atoms with E-state index in [1.807, 2.05) is 0 Å². The Hall–Kier alpha value is -0.280. The zero-order valence-corrected chi connectivity index (χ0v) is 9.78. The molecule has 0 saturated carbocycles. The number of aliphatic hydroxyl groups excluding tert-OH is 3. The Kier molecular flexibility index (Phi) is 3.69. The number of hydrogen-bond donors (Lipinski definition) is 3. The average Bonchev–Trinajstić information content (AvgIpc) is 2.61. The zero-order chi connectivity index (χ0) is 12.6. The van der Waals surface area contributed by atoms with Crippen molar-refractivity contribution in [3.8, 4) is 0 Å². The third-order valence-corrected chi connectivity index (χ3v) is 2.91. The predicted molar refractivity (Wildman–Crippen MR) is 53.7 cm³/mol. The molecule has 0 aliphatic carbocycles. The Morgan fingerprint density at radius 1 is 1.24 bits per heavy atom. The van der Waals surface area contributed by atoms with Crippen molar-refractivity contribution < 1.29 is 34.3 Å². The van der Waals surface area contributed by atoms with E-state index >= 15 is 0 Å². The van der Waals surface area contributed by atoms with E-state index < -0.39 is 43.3 Å². The summed E-state index contributed by atoms with van der Waals surface area (Å²) in [6.45, 7) is 3.31. The maximum Gasteiger partial charge on any atom is 0.282 e. The fraction of sp³-hybridized carbons (Fsp3) is 1.00. The van der Waals surface area contributed by atoms with Gasteiger partial charge in [-0.3, -0.25) is 4.74 Å². The quantitative estimate of drug-likeness (QED) is 0.563. The molecule has 2 rings (SSSR count). The number of hydrogen-bond acceptors (Lipinski definition) is 7. The van der Waals surface area contributed by atoms with Gasteiger partial charge >= 0.3 is 0 Å². The van der Waals surface area contributed by atoms with Crippen molar-refractivity contribution in [1.82, 2.24) is 0 Å². The average molecular weight is 250 g/mol. The lowest BCUT2D eigenvalue weighted by molar-refractivity contribution is -0.342. The smallest absolute Gasteiger partial charge is 0.282 e. The Balaban J connectivity index is 2.09. The van der Waals surface area contributed by atoms with Gasteiger partial charge < -0.3 is 29.5 Å². The van der Waals surface area contributed by atoms with E-state index in [0.29, 0.717) is 6.61 Å². The number of ether oxygens (including phenoxy) is 4. The summed E-state index contributed by atoms with van der Waals surface area (Å²) in [6.07, 6.45) is -4.98. The van der Waals surface area contributed by atoms with Gasteiger partial charge in [0.15, 0.2) is 6.29 Å². The second kappa shape index (κ2) is 4.77. The first kappa shape index (κ1) is 13.2. The lowest BCUT2D eigenvalue weighted by atomic mass is 9.99. The van der Waals surface area contributed by atoms with Crippen LogP contribution in [0.2, 0.25) is 0 Å². The van der Waals surface area contributed by atoms with Gasteiger partial charge in [0, 0.05) is 13.5 Å². The van der Waals surface area contributed by atoms with Gasteiger partial charge in [0.2, 0.25) is 0 Å². The molecule has 0 spiro atoms. The van der Waals surface area contributed by atoms with Gasteiger partial charge in [0.05, 0.1) is 6.61 Å². The van der Waals surface area contributed by atoms with E-state index in [-0.39, 0.29) is 0 Å². The van der Waals surface area contributed by atoms with Gasteiger partial charge in [-0.15, -0.1) is 0 Å². The van der Waals surface area contributed by atoms with Crippen LogP contribution in [0.1, 0.15) is 13.8 Å². The van der Waals surface area contributed by atoms with Gasteiger partial charge in [-0.1, -0.05) is 0 Å². The van der Waals surface area contributed by atoms with Crippen LogP contribution >= 0.6 is 0 Å². The first-order chi connectivity index (χ1) is 8.00. The van der Waals surface area contributed by atoms with Crippen molar-refractivity contribution in [2.75, 3.05) is 13.2 Å². The van der Waals surface area contributed by atoms with Crippen molar-refractivity contribution in [2.24, 2.45) is 0 Å². The molecule has 6 atom stereocenters. The lowest BCUT2D eigenvalue weighted by Gasteiger charge is -2.36. The van der Waals surface area contributed by atoms with Crippen LogP contribution in [-0.2, 0) is 18.9 Å². The van der Waals surface area contributed by atoms with Crippen LogP contribution in [0.5, 0.6) is 0 Å². The molecule has 0 aromatic heterocycles. The summed E-state index contributed by atoms with van der Waals surface area (Å²) in [4.78, 5) is 0. The number of aliphatic hydroxyl groups is 3. The molecule has 7 nitrogen and oxygen atoms in total. The molecule has 0 amide bonds. The molecule has 7 heteroatoms. The molecular weight excluding hydrogens is 232 g/mol. The number of rotatable bonds is 3. The minimum absolute atomic E-state index is 0.373. The Labute approximate surface area is 98.8 Å². The molecule has 2 fully saturated rings. The summed E-state index contributed by atoms with van der Waals surface area (Å²) in [5, 5.41) is 28.5. The van der Waals surface area contributed by atoms with Gasteiger partial charge in [-0.2, -0.15) is 0 Å². The lowest BCUT2D eigenvalue weighted by Crippen LogP contribution is -2.57. The highest BCUT2D eigenvalue weighted by molar-refractivity contribution is 4.93. The maximum atomic E-state index is 9.85. The molecule has 0 aromatic rings. The van der Waals surface area contributed by atoms with Crippen LogP contribution < -0.4 is 0 Å². The second-order valence-electron chi connectivity index (χ2n) is 4.20. The summed E-state index contributed by atoms with van der Waals surface area (Å²) in [7, 11) is 0. The van der Waals surface area contributed by atoms with Gasteiger partial charge in [0.1, 0.15) is 24.4 Å². The first-order valence-corrected chi connectivity index (χ1v) is 5.63. The molecule has 0 aromatic carbocycles. The van der Waals surface area contributed by atoms with Crippen molar-refractivity contribution in [2.45, 2.75) is 50.5 Å². The highest BCUT2D eigenvalue weighted by Gasteiger charge is 2.55. The Morgan fingerprint density at radius 3 is 2.53 bits per heavy atom. The van der Waals surface area contributed by atoms with E-state index in [1.54, 1.807) is 13.8 Å². The third kappa shape index (κ3) is 2.32. The standard InChI is InChI=1S/C10H18O7/c1-3-14-10(2)16-8-7(13)6(12)5(4-11)15-9(8)17-10/h5-9,11-13H,3-4H2,1-2H3/t5-,6+,7+,8-,9?,10?/m1/s1. The van der Waals surface area contributed by atoms with Crippen LogP contribution in [0.25, 0.3) is 0 Å². The molecule has 100 valence electrons. The van der Waals surface area contributed by atoms with E-state index in [2.05, 4.69) is 0 Å². The molecule has 2 aliphatic heterocycles. The molecule has 2 unspecified atom stereocenters. The number of fused-ring (bicyclic) bond motifs is 1. The van der Waals surface area contributed by atoms with E-state index in [0.717, 1.165) is 0 Å². The highest BCUT2D eigenvalue weighted by atomic mass is 16.9. The van der Waals surface area contributed by atoms with Gasteiger partial charge in [0.25, 0.3) is 5.97 Å². The molecular formula is C10H18O7. The van der Waals surface area contributed by atoms with Crippen molar-refractivity contribution in [3.05, 3.63) is 0 Å². The highest BCUT2D eigenvalue weighted by Crippen LogP contribution is 2.36. The molecule has 0 bridgehead atoms. The fourth-order valence-electron chi connectivity index (χ4n) is 2.09. The minimum atomic E-state index is -1.30. The van der Waals surface area contributed by atoms with Crippen LogP contribution in [0, 0.1) is 0 Å². The Bertz CT molecular complexity index is 273. The van der Waals surface area contributed by atoms with E-state index in [9.17, 15) is 10.2 Å². The summed E-state index contributed by atoms with van der Waals surface area (Å²) >= 11 is 0. The summed E-state index contributed by atoms with van der Waals surface area (Å²) in [5.41, 5.74) is 0. The van der Waals surface area contributed by atoms with Crippen molar-refractivity contribution in [3.63, 3.8) is 0 Å². The third-order valence-electron chi connectivity index (χ3n) is 2.91. The van der Waals surface area contributed by atoms with Crippen LogP contribution in [-0.4, -0.2) is 65.2 Å². The minimum Gasteiger partial charge on any atom is -0.394 e. The molecule has 0 radical (unpaired) electrons. The molecule has 2 saturated heterocycles. The molecule has 17 heavy (non-hydrogen) atoms. The maximum absolute atomic E-state index is 9.85. The van der Waals surface area contributed by atoms with Crippen molar-refractivity contribution in [1.29, 1.82) is 0 Å². The van der Waals surface area contributed by atoms with E-state index in [1.165, 1.54) is 0 Å². The Morgan fingerprint density at radius 2 is 1.94 bits per heavy atom. The summed E-state index contributed by atoms with van der Waals surface area (Å²) < 4.78 is 21.4. The zero-order valence-electron chi connectivity index (χ0n) is 9.78. The molecule has 2 aliphatic rings. The molecule has 2 heterocycles. The summed E-state index contributed by atoms with van der Waals surface area (Å²) in [6, 6.07) is 0. The first-order valence-electron chi connectivity index (χ1n) is 5.63. The second-order valence-corrected chi connectivity index (χ2v) is 4.20. The largest absolute Gasteiger partial charge is 0.394 e. The SMILES string of the molecule is CCOC1(C)OC2O[C@H](CO)[C@H](O)[C@H](O)[C@H]2O1.